The van der Waals surface area contributed by atoms with Crippen molar-refractivity contribution in [2.75, 3.05) is 19.7 Å². The fraction of sp³-hybridized carbons (Fsp3) is 0.316. The summed E-state index contributed by atoms with van der Waals surface area (Å²) in [6.07, 6.45) is 3.15. The van der Waals surface area contributed by atoms with E-state index in [1.54, 1.807) is 29.2 Å². The molecule has 1 fully saturated rings. The zero-order valence-corrected chi connectivity index (χ0v) is 16.0. The van der Waals surface area contributed by atoms with Crippen molar-refractivity contribution in [3.8, 4) is 5.75 Å². The number of pyridine rings is 1. The number of benzene rings is 1. The zero-order valence-electron chi connectivity index (χ0n) is 14.5. The lowest BCUT2D eigenvalue weighted by atomic mass is 9.97. The smallest absolute Gasteiger partial charge is 0.267 e. The molecule has 1 aromatic carbocycles. The molecule has 0 aliphatic carbocycles. The van der Waals surface area contributed by atoms with Crippen molar-refractivity contribution < 1.29 is 14.3 Å². The Morgan fingerprint density at radius 2 is 1.81 bits per heavy atom. The van der Waals surface area contributed by atoms with Crippen molar-refractivity contribution in [3.05, 3.63) is 57.8 Å². The standard InChI is InChI=1S/C19H19Cl2N3O3/c20-14-7-13(8-15(21)9-14)19(26)24-5-2-12(3-6-24)11-27-16-1-4-23-17(10-16)18(22)25/h1,4,7-10,12H,2-3,5-6,11H2,(H2,22,25). The Kier molecular flexibility index (Phi) is 6.19. The highest BCUT2D eigenvalue weighted by Gasteiger charge is 2.24. The van der Waals surface area contributed by atoms with Crippen molar-refractivity contribution in [2.24, 2.45) is 11.7 Å². The van der Waals surface area contributed by atoms with Crippen LogP contribution in [0.2, 0.25) is 10.0 Å². The molecule has 8 heteroatoms. The lowest BCUT2D eigenvalue weighted by Crippen LogP contribution is -2.39. The predicted molar refractivity (Wildman–Crippen MR) is 103 cm³/mol. The second kappa shape index (κ2) is 8.59. The van der Waals surface area contributed by atoms with Crippen LogP contribution in [0.15, 0.2) is 36.5 Å². The number of ether oxygens (including phenoxy) is 1. The van der Waals surface area contributed by atoms with Crippen LogP contribution in [0.4, 0.5) is 0 Å². The Labute approximate surface area is 167 Å². The van der Waals surface area contributed by atoms with Gasteiger partial charge in [-0.2, -0.15) is 0 Å². The van der Waals surface area contributed by atoms with E-state index in [9.17, 15) is 9.59 Å². The van der Waals surface area contributed by atoms with E-state index in [1.807, 2.05) is 0 Å². The Balaban J connectivity index is 1.52. The number of amides is 2. The summed E-state index contributed by atoms with van der Waals surface area (Å²) in [5, 5.41) is 0.892. The minimum absolute atomic E-state index is 0.0704. The van der Waals surface area contributed by atoms with E-state index in [-0.39, 0.29) is 11.6 Å². The van der Waals surface area contributed by atoms with Gasteiger partial charge < -0.3 is 15.4 Å². The molecule has 0 bridgehead atoms. The Hall–Kier alpha value is -2.31. The molecule has 1 aromatic heterocycles. The van der Waals surface area contributed by atoms with Crippen molar-refractivity contribution in [1.29, 1.82) is 0 Å². The Morgan fingerprint density at radius 1 is 1.15 bits per heavy atom. The third-order valence-corrected chi connectivity index (χ3v) is 4.92. The van der Waals surface area contributed by atoms with Gasteiger partial charge in [-0.25, -0.2) is 0 Å². The summed E-state index contributed by atoms with van der Waals surface area (Å²) in [5.41, 5.74) is 5.89. The monoisotopic (exact) mass is 407 g/mol. The highest BCUT2D eigenvalue weighted by Crippen LogP contribution is 2.24. The van der Waals surface area contributed by atoms with Gasteiger partial charge in [0.05, 0.1) is 6.61 Å². The van der Waals surface area contributed by atoms with E-state index in [1.165, 1.54) is 12.3 Å². The molecule has 142 valence electrons. The summed E-state index contributed by atoms with van der Waals surface area (Å²) >= 11 is 12.0. The highest BCUT2D eigenvalue weighted by molar-refractivity contribution is 6.35. The summed E-state index contributed by atoms with van der Waals surface area (Å²) in [6.45, 7) is 1.78. The molecule has 3 rings (SSSR count). The maximum Gasteiger partial charge on any atom is 0.267 e. The van der Waals surface area contributed by atoms with E-state index < -0.39 is 5.91 Å². The first kappa shape index (κ1) is 19.5. The predicted octanol–water partition coefficient (Wildman–Crippen LogP) is 3.42. The molecule has 1 saturated heterocycles. The maximum atomic E-state index is 12.6. The number of hydrogen-bond donors (Lipinski definition) is 1. The molecule has 2 N–H and O–H groups in total. The first-order valence-corrected chi connectivity index (χ1v) is 9.32. The van der Waals surface area contributed by atoms with Gasteiger partial charge in [0.1, 0.15) is 11.4 Å². The average molecular weight is 408 g/mol. The van der Waals surface area contributed by atoms with Gasteiger partial charge in [0.15, 0.2) is 0 Å². The summed E-state index contributed by atoms with van der Waals surface area (Å²) < 4.78 is 5.76. The third-order valence-electron chi connectivity index (χ3n) is 4.48. The molecule has 1 aliphatic heterocycles. The van der Waals surface area contributed by atoms with Crippen molar-refractivity contribution in [3.63, 3.8) is 0 Å². The fourth-order valence-electron chi connectivity index (χ4n) is 3.01. The fourth-order valence-corrected chi connectivity index (χ4v) is 3.54. The van der Waals surface area contributed by atoms with Gasteiger partial charge in [0, 0.05) is 41.0 Å². The van der Waals surface area contributed by atoms with Crippen LogP contribution in [-0.2, 0) is 0 Å². The minimum atomic E-state index is -0.589. The van der Waals surface area contributed by atoms with Crippen molar-refractivity contribution in [1.82, 2.24) is 9.88 Å². The topological polar surface area (TPSA) is 85.5 Å². The van der Waals surface area contributed by atoms with E-state index in [4.69, 9.17) is 33.7 Å². The molecule has 1 aliphatic rings. The number of nitrogens with zero attached hydrogens (tertiary/aromatic N) is 2. The highest BCUT2D eigenvalue weighted by atomic mass is 35.5. The number of piperidine rings is 1. The number of aromatic nitrogens is 1. The number of rotatable bonds is 5. The molecule has 0 unspecified atom stereocenters. The van der Waals surface area contributed by atoms with Gasteiger partial charge in [0.25, 0.3) is 11.8 Å². The molecule has 27 heavy (non-hydrogen) atoms. The molecule has 6 nitrogen and oxygen atoms in total. The minimum Gasteiger partial charge on any atom is -0.493 e. The molecule has 0 saturated carbocycles. The van der Waals surface area contributed by atoms with Crippen LogP contribution in [0.25, 0.3) is 0 Å². The van der Waals surface area contributed by atoms with Crippen LogP contribution in [0.1, 0.15) is 33.7 Å². The summed E-state index contributed by atoms with van der Waals surface area (Å²) in [5.74, 6) is 0.223. The normalized spacial score (nSPS) is 14.8. The van der Waals surface area contributed by atoms with E-state index in [0.717, 1.165) is 12.8 Å². The first-order valence-electron chi connectivity index (χ1n) is 8.56. The van der Waals surface area contributed by atoms with Gasteiger partial charge >= 0.3 is 0 Å². The van der Waals surface area contributed by atoms with Crippen LogP contribution in [0, 0.1) is 5.92 Å². The number of hydrogen-bond acceptors (Lipinski definition) is 4. The maximum absolute atomic E-state index is 12.6. The summed E-state index contributed by atoms with van der Waals surface area (Å²) in [7, 11) is 0. The second-order valence-corrected chi connectivity index (χ2v) is 7.32. The molecular weight excluding hydrogens is 389 g/mol. The molecule has 2 heterocycles. The number of likely N-dealkylation sites (tertiary alicyclic amines) is 1. The van der Waals surface area contributed by atoms with Crippen molar-refractivity contribution >= 4 is 35.0 Å². The molecule has 0 radical (unpaired) electrons. The largest absolute Gasteiger partial charge is 0.493 e. The number of halogens is 2. The number of primary amides is 1. The van der Waals surface area contributed by atoms with Crippen LogP contribution >= 0.6 is 23.2 Å². The van der Waals surface area contributed by atoms with Gasteiger partial charge in [-0.05, 0) is 43.0 Å². The van der Waals surface area contributed by atoms with Crippen LogP contribution in [-0.4, -0.2) is 41.4 Å². The van der Waals surface area contributed by atoms with Crippen molar-refractivity contribution in [2.45, 2.75) is 12.8 Å². The molecular formula is C19H19Cl2N3O3. The van der Waals surface area contributed by atoms with Gasteiger partial charge in [0.2, 0.25) is 0 Å². The lowest BCUT2D eigenvalue weighted by molar-refractivity contribution is 0.0661. The Morgan fingerprint density at radius 3 is 2.44 bits per heavy atom. The van der Waals surface area contributed by atoms with Gasteiger partial charge in [-0.15, -0.1) is 0 Å². The summed E-state index contributed by atoms with van der Waals surface area (Å²) in [6, 6.07) is 8.08. The van der Waals surface area contributed by atoms with E-state index >= 15 is 0 Å². The van der Waals surface area contributed by atoms with E-state index in [0.29, 0.717) is 47.0 Å². The second-order valence-electron chi connectivity index (χ2n) is 6.45. The average Bonchev–Trinajstić information content (AvgIpc) is 2.65. The quantitative estimate of drug-likeness (QED) is 0.822. The number of carbonyl (C=O) groups excluding carboxylic acids is 2. The van der Waals surface area contributed by atoms with Crippen LogP contribution in [0.3, 0.4) is 0 Å². The SMILES string of the molecule is NC(=O)c1cc(OCC2CCN(C(=O)c3cc(Cl)cc(Cl)c3)CC2)ccn1. The first-order chi connectivity index (χ1) is 12.9. The van der Waals surface area contributed by atoms with E-state index in [2.05, 4.69) is 4.98 Å². The Bertz CT molecular complexity index is 832. The number of carbonyl (C=O) groups is 2. The van der Waals surface area contributed by atoms with Gasteiger partial charge in [-0.3, -0.25) is 14.6 Å². The third kappa shape index (κ3) is 5.11. The van der Waals surface area contributed by atoms with Gasteiger partial charge in [-0.1, -0.05) is 23.2 Å². The zero-order chi connectivity index (χ0) is 19.4. The number of nitrogens with two attached hydrogens (primary N) is 1. The summed E-state index contributed by atoms with van der Waals surface area (Å²) in [4.78, 5) is 29.5. The molecule has 0 atom stereocenters. The molecule has 2 aromatic rings. The molecule has 0 spiro atoms. The lowest BCUT2D eigenvalue weighted by Gasteiger charge is -2.32. The van der Waals surface area contributed by atoms with Crippen LogP contribution < -0.4 is 10.5 Å². The molecule has 2 amide bonds. The van der Waals surface area contributed by atoms with Crippen LogP contribution in [0.5, 0.6) is 5.75 Å².